The molecule has 3 aromatic carbocycles. The number of likely N-dealkylation sites (N-methyl/N-ethyl adjacent to an activating group) is 1. The Hall–Kier alpha value is -2.85. The molecule has 1 N–H and O–H groups in total. The van der Waals surface area contributed by atoms with E-state index in [4.69, 9.17) is 4.74 Å². The van der Waals surface area contributed by atoms with E-state index in [9.17, 15) is 4.79 Å². The second kappa shape index (κ2) is 8.44. The summed E-state index contributed by atoms with van der Waals surface area (Å²) in [5.41, 5.74) is 5.50. The topological polar surface area (TPSA) is 41.6 Å². The Balaban J connectivity index is 1.64. The molecule has 0 aliphatic carbocycles. The van der Waals surface area contributed by atoms with E-state index in [1.165, 1.54) is 16.5 Å². The van der Waals surface area contributed by atoms with Crippen molar-refractivity contribution in [1.29, 1.82) is 0 Å². The average Bonchev–Trinajstić information content (AvgIpc) is 2.64. The summed E-state index contributed by atoms with van der Waals surface area (Å²) in [6.45, 7) is 7.18. The van der Waals surface area contributed by atoms with E-state index >= 15 is 0 Å². The third kappa shape index (κ3) is 4.70. The number of methoxy groups -OCH3 is 1. The standard InChI is InChI=1S/C24H28N2O2/c1-16-10-17(2)24(18(3)11-16)25-23(27)15-26(4)14-19-6-7-21-13-22(28-5)9-8-20(21)12-19/h6-13H,14-15H2,1-5H3,(H,25,27). The van der Waals surface area contributed by atoms with Crippen molar-refractivity contribution >= 4 is 22.4 Å². The minimum absolute atomic E-state index is 0.00285. The molecule has 3 rings (SSSR count). The molecule has 1 amide bonds. The van der Waals surface area contributed by atoms with E-state index in [0.29, 0.717) is 13.1 Å². The Kier molecular flexibility index (Phi) is 6.00. The maximum Gasteiger partial charge on any atom is 0.238 e. The zero-order valence-electron chi connectivity index (χ0n) is 17.3. The number of fused-ring (bicyclic) bond motifs is 1. The SMILES string of the molecule is COc1ccc2cc(CN(C)CC(=O)Nc3c(C)cc(C)cc3C)ccc2c1. The van der Waals surface area contributed by atoms with Gasteiger partial charge in [-0.15, -0.1) is 0 Å². The van der Waals surface area contributed by atoms with Crippen molar-refractivity contribution in [2.45, 2.75) is 27.3 Å². The van der Waals surface area contributed by atoms with Gasteiger partial charge in [0.25, 0.3) is 0 Å². The zero-order valence-corrected chi connectivity index (χ0v) is 17.3. The van der Waals surface area contributed by atoms with Crippen LogP contribution < -0.4 is 10.1 Å². The number of amides is 1. The Morgan fingerprint density at radius 3 is 2.29 bits per heavy atom. The van der Waals surface area contributed by atoms with Crippen LogP contribution in [0.25, 0.3) is 10.8 Å². The van der Waals surface area contributed by atoms with Crippen LogP contribution >= 0.6 is 0 Å². The smallest absolute Gasteiger partial charge is 0.238 e. The lowest BCUT2D eigenvalue weighted by atomic mass is 10.1. The number of rotatable bonds is 6. The molecule has 0 radical (unpaired) electrons. The molecule has 4 heteroatoms. The molecule has 4 nitrogen and oxygen atoms in total. The van der Waals surface area contributed by atoms with Crippen molar-refractivity contribution in [2.24, 2.45) is 0 Å². The third-order valence-corrected chi connectivity index (χ3v) is 4.92. The second-order valence-electron chi connectivity index (χ2n) is 7.54. The predicted molar refractivity (Wildman–Crippen MR) is 116 cm³/mol. The van der Waals surface area contributed by atoms with Crippen molar-refractivity contribution in [3.05, 3.63) is 70.8 Å². The molecule has 0 fully saturated rings. The summed E-state index contributed by atoms with van der Waals surface area (Å²) >= 11 is 0. The number of nitrogens with zero attached hydrogens (tertiary/aromatic N) is 1. The van der Waals surface area contributed by atoms with Gasteiger partial charge in [0.05, 0.1) is 13.7 Å². The van der Waals surface area contributed by atoms with Crippen molar-refractivity contribution in [2.75, 3.05) is 26.0 Å². The highest BCUT2D eigenvalue weighted by atomic mass is 16.5. The van der Waals surface area contributed by atoms with Crippen LogP contribution in [0, 0.1) is 20.8 Å². The Labute approximate surface area is 167 Å². The van der Waals surface area contributed by atoms with Gasteiger partial charge in [-0.05, 0) is 73.5 Å². The van der Waals surface area contributed by atoms with Gasteiger partial charge < -0.3 is 10.1 Å². The molecule has 0 bridgehead atoms. The van der Waals surface area contributed by atoms with Crippen molar-refractivity contribution in [3.8, 4) is 5.75 Å². The van der Waals surface area contributed by atoms with Crippen LogP contribution in [-0.4, -0.2) is 31.5 Å². The Bertz CT molecular complexity index is 988. The molecule has 0 heterocycles. The van der Waals surface area contributed by atoms with Crippen LogP contribution in [0.5, 0.6) is 5.75 Å². The molecule has 3 aromatic rings. The number of hydrogen-bond donors (Lipinski definition) is 1. The fourth-order valence-electron chi connectivity index (χ4n) is 3.67. The minimum atomic E-state index is 0.00285. The molecule has 0 saturated carbocycles. The number of ether oxygens (including phenoxy) is 1. The fourth-order valence-corrected chi connectivity index (χ4v) is 3.67. The van der Waals surface area contributed by atoms with Crippen LogP contribution in [0.3, 0.4) is 0 Å². The lowest BCUT2D eigenvalue weighted by molar-refractivity contribution is -0.117. The summed E-state index contributed by atoms with van der Waals surface area (Å²) < 4.78 is 5.28. The highest BCUT2D eigenvalue weighted by Gasteiger charge is 2.11. The van der Waals surface area contributed by atoms with E-state index < -0.39 is 0 Å². The number of carbonyl (C=O) groups is 1. The highest BCUT2D eigenvalue weighted by molar-refractivity contribution is 5.93. The number of hydrogen-bond acceptors (Lipinski definition) is 3. The number of nitrogens with one attached hydrogen (secondary N) is 1. The van der Waals surface area contributed by atoms with Gasteiger partial charge in [0.1, 0.15) is 5.75 Å². The van der Waals surface area contributed by atoms with Crippen LogP contribution in [0.2, 0.25) is 0 Å². The highest BCUT2D eigenvalue weighted by Crippen LogP contribution is 2.23. The summed E-state index contributed by atoms with van der Waals surface area (Å²) in [4.78, 5) is 14.5. The molecule has 28 heavy (non-hydrogen) atoms. The molecule has 0 aromatic heterocycles. The second-order valence-corrected chi connectivity index (χ2v) is 7.54. The predicted octanol–water partition coefficient (Wildman–Crippen LogP) is 4.84. The number of aryl methyl sites for hydroxylation is 3. The zero-order chi connectivity index (χ0) is 20.3. The van der Waals surface area contributed by atoms with Gasteiger partial charge in [0.15, 0.2) is 0 Å². The number of anilines is 1. The average molecular weight is 377 g/mol. The van der Waals surface area contributed by atoms with E-state index in [0.717, 1.165) is 28.0 Å². The third-order valence-electron chi connectivity index (χ3n) is 4.92. The largest absolute Gasteiger partial charge is 0.497 e. The van der Waals surface area contributed by atoms with Crippen LogP contribution in [0.1, 0.15) is 22.3 Å². The summed E-state index contributed by atoms with van der Waals surface area (Å²) in [7, 11) is 3.64. The number of carbonyl (C=O) groups excluding carboxylic acids is 1. The molecule has 0 atom stereocenters. The van der Waals surface area contributed by atoms with Gasteiger partial charge in [-0.25, -0.2) is 0 Å². The summed E-state index contributed by atoms with van der Waals surface area (Å²) in [6, 6.07) is 16.6. The van der Waals surface area contributed by atoms with Gasteiger partial charge >= 0.3 is 0 Å². The summed E-state index contributed by atoms with van der Waals surface area (Å²) in [6.07, 6.45) is 0. The van der Waals surface area contributed by atoms with Crippen LogP contribution in [0.15, 0.2) is 48.5 Å². The molecular formula is C24H28N2O2. The fraction of sp³-hybridized carbons (Fsp3) is 0.292. The lowest BCUT2D eigenvalue weighted by Gasteiger charge is -2.18. The van der Waals surface area contributed by atoms with E-state index in [1.807, 2.05) is 37.9 Å². The van der Waals surface area contributed by atoms with Gasteiger partial charge in [-0.2, -0.15) is 0 Å². The molecule has 0 aliphatic heterocycles. The van der Waals surface area contributed by atoms with Crippen LogP contribution in [0.4, 0.5) is 5.69 Å². The monoisotopic (exact) mass is 376 g/mol. The molecule has 0 unspecified atom stereocenters. The molecular weight excluding hydrogens is 348 g/mol. The van der Waals surface area contributed by atoms with E-state index in [2.05, 4.69) is 48.6 Å². The van der Waals surface area contributed by atoms with Crippen LogP contribution in [-0.2, 0) is 11.3 Å². The van der Waals surface area contributed by atoms with Gasteiger partial charge in [0.2, 0.25) is 5.91 Å². The number of benzene rings is 3. The Morgan fingerprint density at radius 1 is 0.964 bits per heavy atom. The summed E-state index contributed by atoms with van der Waals surface area (Å²) in [5, 5.41) is 5.39. The molecule has 0 saturated heterocycles. The maximum atomic E-state index is 12.5. The first-order valence-corrected chi connectivity index (χ1v) is 9.48. The Morgan fingerprint density at radius 2 is 1.61 bits per heavy atom. The summed E-state index contributed by atoms with van der Waals surface area (Å²) in [5.74, 6) is 0.860. The van der Waals surface area contributed by atoms with E-state index in [1.54, 1.807) is 7.11 Å². The van der Waals surface area contributed by atoms with Gasteiger partial charge in [0, 0.05) is 12.2 Å². The first kappa shape index (κ1) is 19.9. The van der Waals surface area contributed by atoms with Gasteiger partial charge in [-0.3, -0.25) is 9.69 Å². The van der Waals surface area contributed by atoms with E-state index in [-0.39, 0.29) is 5.91 Å². The molecule has 146 valence electrons. The van der Waals surface area contributed by atoms with Gasteiger partial charge in [-0.1, -0.05) is 35.9 Å². The molecule has 0 aliphatic rings. The van der Waals surface area contributed by atoms with Crippen molar-refractivity contribution in [1.82, 2.24) is 4.90 Å². The minimum Gasteiger partial charge on any atom is -0.497 e. The maximum absolute atomic E-state index is 12.5. The first-order chi connectivity index (χ1) is 13.4. The molecule has 0 spiro atoms. The lowest BCUT2D eigenvalue weighted by Crippen LogP contribution is -2.30. The first-order valence-electron chi connectivity index (χ1n) is 9.48. The normalized spacial score (nSPS) is 11.1. The quantitative estimate of drug-likeness (QED) is 0.669. The van der Waals surface area contributed by atoms with Crippen molar-refractivity contribution in [3.63, 3.8) is 0 Å². The van der Waals surface area contributed by atoms with Crippen molar-refractivity contribution < 1.29 is 9.53 Å².